The maximum Gasteiger partial charge on any atom is 0.342 e. The maximum atomic E-state index is 13.1. The van der Waals surface area contributed by atoms with Gasteiger partial charge >= 0.3 is 5.97 Å². The molecule has 3 heterocycles. The number of benzene rings is 2. The highest BCUT2D eigenvalue weighted by Gasteiger charge is 2.25. The molecule has 0 fully saturated rings. The van der Waals surface area contributed by atoms with Gasteiger partial charge in [0.1, 0.15) is 17.0 Å². The lowest BCUT2D eigenvalue weighted by Crippen LogP contribution is -2.38. The zero-order valence-electron chi connectivity index (χ0n) is 18.6. The minimum atomic E-state index is -0.596. The van der Waals surface area contributed by atoms with E-state index in [1.165, 1.54) is 10.4 Å². The smallest absolute Gasteiger partial charge is 0.342 e. The van der Waals surface area contributed by atoms with Gasteiger partial charge in [-0.25, -0.2) is 9.48 Å². The highest BCUT2D eigenvalue weighted by Crippen LogP contribution is 2.28. The van der Waals surface area contributed by atoms with Crippen LogP contribution in [0.5, 0.6) is 5.75 Å². The molecule has 34 heavy (non-hydrogen) atoms. The minimum absolute atomic E-state index is 0.205. The van der Waals surface area contributed by atoms with Gasteiger partial charge in [-0.1, -0.05) is 30.3 Å². The first-order valence-electron chi connectivity index (χ1n) is 10.9. The highest BCUT2D eigenvalue weighted by atomic mass is 32.1. The number of esters is 1. The first-order chi connectivity index (χ1) is 16.6. The van der Waals surface area contributed by atoms with Gasteiger partial charge in [-0.15, -0.1) is 11.3 Å². The number of fused-ring (bicyclic) bond motifs is 1. The van der Waals surface area contributed by atoms with E-state index in [1.54, 1.807) is 34.2 Å². The number of rotatable bonds is 6. The number of ether oxygens (including phenoxy) is 2. The molecule has 0 N–H and O–H groups in total. The molecule has 4 aromatic rings. The predicted molar refractivity (Wildman–Crippen MR) is 129 cm³/mol. The number of hydrogen-bond donors (Lipinski definition) is 0. The molecular weight excluding hydrogens is 450 g/mol. The van der Waals surface area contributed by atoms with E-state index in [-0.39, 0.29) is 18.1 Å². The van der Waals surface area contributed by atoms with Crippen molar-refractivity contribution in [2.75, 3.05) is 20.3 Å². The molecule has 2 aromatic carbocycles. The molecule has 1 aliphatic heterocycles. The first kappa shape index (κ1) is 21.9. The second-order valence-electron chi connectivity index (χ2n) is 7.91. The van der Waals surface area contributed by atoms with E-state index in [9.17, 15) is 9.59 Å². The molecule has 7 nitrogen and oxygen atoms in total. The van der Waals surface area contributed by atoms with Crippen molar-refractivity contribution in [3.8, 4) is 22.7 Å². The zero-order chi connectivity index (χ0) is 23.5. The van der Waals surface area contributed by atoms with Crippen LogP contribution in [0.15, 0.2) is 72.2 Å². The molecule has 0 radical (unpaired) electrons. The average Bonchev–Trinajstić information content (AvgIpc) is 3.55. The molecule has 0 aliphatic carbocycles. The van der Waals surface area contributed by atoms with E-state index in [4.69, 9.17) is 9.47 Å². The Morgan fingerprint density at radius 2 is 1.94 bits per heavy atom. The van der Waals surface area contributed by atoms with E-state index in [0.717, 1.165) is 12.1 Å². The normalized spacial score (nSPS) is 12.8. The lowest BCUT2D eigenvalue weighted by molar-refractivity contribution is -0.135. The molecule has 8 heteroatoms. The lowest BCUT2D eigenvalue weighted by atomic mass is 10.1. The fourth-order valence-corrected chi connectivity index (χ4v) is 4.87. The molecule has 1 amide bonds. The van der Waals surface area contributed by atoms with Gasteiger partial charge in [0, 0.05) is 29.7 Å². The van der Waals surface area contributed by atoms with Gasteiger partial charge in [0.25, 0.3) is 5.91 Å². The van der Waals surface area contributed by atoms with Crippen LogP contribution in [0.3, 0.4) is 0 Å². The number of amides is 1. The predicted octanol–water partition coefficient (Wildman–Crippen LogP) is 4.35. The third kappa shape index (κ3) is 4.45. The van der Waals surface area contributed by atoms with Crippen molar-refractivity contribution in [1.29, 1.82) is 0 Å². The minimum Gasteiger partial charge on any atom is -0.497 e. The standard InChI is InChI=1S/C26H23N3O4S/c1-32-21-9-5-6-18(14-21)25-22(16-29(27-25)20-7-3-2-4-8-20)26(31)33-17-24(30)28-12-10-23-19(15-28)11-13-34-23/h2-9,11,13-14,16H,10,12,15,17H2,1H3. The summed E-state index contributed by atoms with van der Waals surface area (Å²) in [6.07, 6.45) is 2.46. The van der Waals surface area contributed by atoms with E-state index in [0.29, 0.717) is 30.1 Å². The Labute approximate surface area is 201 Å². The van der Waals surface area contributed by atoms with Crippen molar-refractivity contribution in [2.45, 2.75) is 13.0 Å². The Morgan fingerprint density at radius 3 is 2.76 bits per heavy atom. The number of carbonyl (C=O) groups is 2. The quantitative estimate of drug-likeness (QED) is 0.389. The Bertz CT molecular complexity index is 1330. The Balaban J connectivity index is 1.37. The van der Waals surface area contributed by atoms with Gasteiger partial charge in [0.05, 0.1) is 12.8 Å². The molecule has 1 aliphatic rings. The summed E-state index contributed by atoms with van der Waals surface area (Å²) < 4.78 is 12.4. The lowest BCUT2D eigenvalue weighted by Gasteiger charge is -2.26. The summed E-state index contributed by atoms with van der Waals surface area (Å²) in [4.78, 5) is 28.9. The highest BCUT2D eigenvalue weighted by molar-refractivity contribution is 7.10. The van der Waals surface area contributed by atoms with Crippen LogP contribution in [0.2, 0.25) is 0 Å². The number of aromatic nitrogens is 2. The monoisotopic (exact) mass is 473 g/mol. The van der Waals surface area contributed by atoms with Crippen LogP contribution in [0.1, 0.15) is 20.8 Å². The fourth-order valence-electron chi connectivity index (χ4n) is 3.98. The van der Waals surface area contributed by atoms with Gasteiger partial charge in [-0.3, -0.25) is 4.79 Å². The third-order valence-corrected chi connectivity index (χ3v) is 6.81. The summed E-state index contributed by atoms with van der Waals surface area (Å²) in [6.45, 7) is 0.869. The first-order valence-corrected chi connectivity index (χ1v) is 11.8. The fraction of sp³-hybridized carbons (Fsp3) is 0.192. The number of methoxy groups -OCH3 is 1. The van der Waals surface area contributed by atoms with Crippen LogP contribution >= 0.6 is 11.3 Å². The summed E-state index contributed by atoms with van der Waals surface area (Å²) >= 11 is 1.72. The molecular formula is C26H23N3O4S. The number of thiophene rings is 1. The van der Waals surface area contributed by atoms with E-state index in [1.807, 2.05) is 66.0 Å². The zero-order valence-corrected chi connectivity index (χ0v) is 19.5. The Morgan fingerprint density at radius 1 is 1.09 bits per heavy atom. The topological polar surface area (TPSA) is 73.7 Å². The van der Waals surface area contributed by atoms with Gasteiger partial charge in [-0.05, 0) is 47.7 Å². The summed E-state index contributed by atoms with van der Waals surface area (Å²) in [7, 11) is 1.59. The van der Waals surface area contributed by atoms with E-state index >= 15 is 0 Å². The second-order valence-corrected chi connectivity index (χ2v) is 8.91. The van der Waals surface area contributed by atoms with Crippen LogP contribution < -0.4 is 4.74 Å². The number of nitrogens with zero attached hydrogens (tertiary/aromatic N) is 3. The number of para-hydroxylation sites is 1. The molecule has 0 unspecified atom stereocenters. The van der Waals surface area contributed by atoms with Gasteiger partial charge in [0.15, 0.2) is 6.61 Å². The van der Waals surface area contributed by atoms with Crippen LogP contribution in [-0.2, 0) is 22.5 Å². The van der Waals surface area contributed by atoms with Gasteiger partial charge in [0.2, 0.25) is 0 Å². The van der Waals surface area contributed by atoms with Crippen molar-refractivity contribution in [3.63, 3.8) is 0 Å². The Kier molecular flexibility index (Phi) is 6.14. The SMILES string of the molecule is COc1cccc(-c2nn(-c3ccccc3)cc2C(=O)OCC(=O)N2CCc3sccc3C2)c1. The molecule has 0 saturated carbocycles. The largest absolute Gasteiger partial charge is 0.497 e. The van der Waals surface area contributed by atoms with E-state index < -0.39 is 5.97 Å². The molecule has 0 atom stereocenters. The van der Waals surface area contributed by atoms with Gasteiger partial charge < -0.3 is 14.4 Å². The van der Waals surface area contributed by atoms with Crippen LogP contribution in [-0.4, -0.2) is 46.8 Å². The molecule has 172 valence electrons. The molecule has 2 aromatic heterocycles. The number of hydrogen-bond acceptors (Lipinski definition) is 6. The summed E-state index contributed by atoms with van der Waals surface area (Å²) in [5.74, 6) is -0.149. The summed E-state index contributed by atoms with van der Waals surface area (Å²) in [5.41, 5.74) is 3.43. The van der Waals surface area contributed by atoms with Crippen molar-refractivity contribution < 1.29 is 19.1 Å². The maximum absolute atomic E-state index is 13.1. The molecule has 5 rings (SSSR count). The second kappa shape index (κ2) is 9.52. The van der Waals surface area contributed by atoms with Crippen molar-refractivity contribution in [2.24, 2.45) is 0 Å². The van der Waals surface area contributed by atoms with Crippen molar-refractivity contribution >= 4 is 23.2 Å². The molecule has 0 bridgehead atoms. The van der Waals surface area contributed by atoms with Crippen LogP contribution in [0, 0.1) is 0 Å². The number of carbonyl (C=O) groups excluding carboxylic acids is 2. The average molecular weight is 474 g/mol. The molecule has 0 saturated heterocycles. The van der Waals surface area contributed by atoms with Crippen molar-refractivity contribution in [1.82, 2.24) is 14.7 Å². The van der Waals surface area contributed by atoms with Crippen molar-refractivity contribution in [3.05, 3.63) is 88.2 Å². The summed E-state index contributed by atoms with van der Waals surface area (Å²) in [5, 5.41) is 6.69. The Hall–Kier alpha value is -3.91. The van der Waals surface area contributed by atoms with E-state index in [2.05, 4.69) is 5.10 Å². The van der Waals surface area contributed by atoms with Crippen LogP contribution in [0.4, 0.5) is 0 Å². The van der Waals surface area contributed by atoms with Gasteiger partial charge in [-0.2, -0.15) is 5.10 Å². The summed E-state index contributed by atoms with van der Waals surface area (Å²) in [6, 6.07) is 18.9. The molecule has 0 spiro atoms. The van der Waals surface area contributed by atoms with Crippen LogP contribution in [0.25, 0.3) is 16.9 Å². The third-order valence-electron chi connectivity index (χ3n) is 5.79.